The zero-order chi connectivity index (χ0) is 10.8. The van der Waals surface area contributed by atoms with Gasteiger partial charge >= 0.3 is 5.97 Å². The van der Waals surface area contributed by atoms with Crippen LogP contribution in [0.25, 0.3) is 11.0 Å². The summed E-state index contributed by atoms with van der Waals surface area (Å²) in [5, 5.41) is 20.6. The molecular weight excluding hydrogens is 198 g/mol. The van der Waals surface area contributed by atoms with Crippen molar-refractivity contribution in [2.24, 2.45) is 5.16 Å². The summed E-state index contributed by atoms with van der Waals surface area (Å²) >= 11 is 0. The largest absolute Gasteiger partial charge is 0.478 e. The summed E-state index contributed by atoms with van der Waals surface area (Å²) in [6.07, 6.45) is 1.14. The highest BCUT2D eigenvalue weighted by molar-refractivity contribution is 5.94. The third-order valence-corrected chi connectivity index (χ3v) is 1.97. The van der Waals surface area contributed by atoms with Gasteiger partial charge in [-0.25, -0.2) is 4.79 Å². The highest BCUT2D eigenvalue weighted by atomic mass is 16.4. The van der Waals surface area contributed by atoms with Crippen LogP contribution in [0.2, 0.25) is 0 Å². The maximum Gasteiger partial charge on any atom is 0.335 e. The van der Waals surface area contributed by atoms with E-state index in [4.69, 9.17) is 14.7 Å². The summed E-state index contributed by atoms with van der Waals surface area (Å²) in [6.45, 7) is 0. The summed E-state index contributed by atoms with van der Waals surface area (Å²) < 4.78 is 5.23. The van der Waals surface area contributed by atoms with Crippen LogP contribution in [0.5, 0.6) is 0 Å². The van der Waals surface area contributed by atoms with Gasteiger partial charge in [-0.3, -0.25) is 0 Å². The molecule has 0 radical (unpaired) electrons. The molecule has 1 aromatic heterocycles. The lowest BCUT2D eigenvalue weighted by atomic mass is 10.2. The molecule has 2 N–H and O–H groups in total. The number of carboxylic acid groups (broad SMARTS) is 1. The minimum atomic E-state index is -1.01. The molecule has 2 rings (SSSR count). The number of rotatable bonds is 2. The number of carboxylic acids is 1. The van der Waals surface area contributed by atoms with Crippen LogP contribution in [-0.4, -0.2) is 22.5 Å². The van der Waals surface area contributed by atoms with E-state index in [1.54, 1.807) is 12.1 Å². The molecule has 0 aliphatic heterocycles. The Balaban J connectivity index is 2.56. The van der Waals surface area contributed by atoms with E-state index in [9.17, 15) is 4.79 Å². The van der Waals surface area contributed by atoms with Gasteiger partial charge < -0.3 is 14.7 Å². The molecule has 0 aliphatic rings. The Morgan fingerprint density at radius 3 is 2.87 bits per heavy atom. The second kappa shape index (κ2) is 3.45. The standard InChI is InChI=1S/C10H7NO4/c12-10(13)7-2-1-6-3-8(5-11-14)15-9(6)4-7/h1-5,14H,(H,12,13). The van der Waals surface area contributed by atoms with Crippen molar-refractivity contribution < 1.29 is 19.5 Å². The van der Waals surface area contributed by atoms with Gasteiger partial charge in [0.2, 0.25) is 0 Å². The molecule has 0 aliphatic carbocycles. The van der Waals surface area contributed by atoms with Crippen LogP contribution in [0.4, 0.5) is 0 Å². The number of hydrogen-bond donors (Lipinski definition) is 2. The van der Waals surface area contributed by atoms with E-state index in [1.165, 1.54) is 12.1 Å². The van der Waals surface area contributed by atoms with E-state index in [0.29, 0.717) is 11.3 Å². The number of fused-ring (bicyclic) bond motifs is 1. The monoisotopic (exact) mass is 205 g/mol. The first-order valence-corrected chi connectivity index (χ1v) is 4.15. The Bertz CT molecular complexity index is 541. The SMILES string of the molecule is O=C(O)c1ccc2cc(C=NO)oc2c1. The molecule has 0 amide bonds. The van der Waals surface area contributed by atoms with E-state index in [1.807, 2.05) is 0 Å². The van der Waals surface area contributed by atoms with Crippen LogP contribution < -0.4 is 0 Å². The molecule has 1 aromatic carbocycles. The minimum Gasteiger partial charge on any atom is -0.478 e. The molecule has 1 heterocycles. The lowest BCUT2D eigenvalue weighted by molar-refractivity contribution is 0.0697. The Morgan fingerprint density at radius 1 is 1.40 bits per heavy atom. The fourth-order valence-corrected chi connectivity index (χ4v) is 1.31. The Hall–Kier alpha value is -2.30. The number of hydrogen-bond acceptors (Lipinski definition) is 4. The van der Waals surface area contributed by atoms with Crippen LogP contribution in [0, 0.1) is 0 Å². The van der Waals surface area contributed by atoms with Gasteiger partial charge in [0.1, 0.15) is 17.6 Å². The van der Waals surface area contributed by atoms with Gasteiger partial charge in [0, 0.05) is 5.39 Å². The molecule has 15 heavy (non-hydrogen) atoms. The normalized spacial score (nSPS) is 11.2. The number of nitrogens with zero attached hydrogens (tertiary/aromatic N) is 1. The van der Waals surface area contributed by atoms with Gasteiger partial charge in [0.15, 0.2) is 0 Å². The maximum absolute atomic E-state index is 10.7. The highest BCUT2D eigenvalue weighted by Crippen LogP contribution is 2.19. The van der Waals surface area contributed by atoms with Crippen molar-refractivity contribution in [2.75, 3.05) is 0 Å². The zero-order valence-electron chi connectivity index (χ0n) is 7.54. The highest BCUT2D eigenvalue weighted by Gasteiger charge is 2.07. The van der Waals surface area contributed by atoms with Crippen LogP contribution in [-0.2, 0) is 0 Å². The first kappa shape index (κ1) is 9.26. The van der Waals surface area contributed by atoms with Crippen LogP contribution in [0.3, 0.4) is 0 Å². The molecule has 2 aromatic rings. The molecule has 76 valence electrons. The van der Waals surface area contributed by atoms with E-state index >= 15 is 0 Å². The zero-order valence-corrected chi connectivity index (χ0v) is 7.54. The Kier molecular flexibility index (Phi) is 2.13. The van der Waals surface area contributed by atoms with Crippen molar-refractivity contribution in [2.45, 2.75) is 0 Å². The topological polar surface area (TPSA) is 83.0 Å². The summed E-state index contributed by atoms with van der Waals surface area (Å²) in [5.41, 5.74) is 0.606. The summed E-state index contributed by atoms with van der Waals surface area (Å²) in [7, 11) is 0. The molecule has 0 unspecified atom stereocenters. The molecule has 0 spiro atoms. The van der Waals surface area contributed by atoms with Crippen LogP contribution in [0.1, 0.15) is 16.1 Å². The fourth-order valence-electron chi connectivity index (χ4n) is 1.31. The van der Waals surface area contributed by atoms with Gasteiger partial charge in [0.25, 0.3) is 0 Å². The molecule has 0 atom stereocenters. The minimum absolute atomic E-state index is 0.157. The molecule has 0 saturated carbocycles. The quantitative estimate of drug-likeness (QED) is 0.445. The van der Waals surface area contributed by atoms with Crippen molar-refractivity contribution in [1.29, 1.82) is 0 Å². The van der Waals surface area contributed by atoms with E-state index in [2.05, 4.69) is 5.16 Å². The number of carbonyl (C=O) groups is 1. The third kappa shape index (κ3) is 1.67. The van der Waals surface area contributed by atoms with Crippen LogP contribution >= 0.6 is 0 Å². The predicted molar refractivity (Wildman–Crippen MR) is 52.6 cm³/mol. The van der Waals surface area contributed by atoms with E-state index in [0.717, 1.165) is 11.6 Å². The molecule has 0 saturated heterocycles. The number of oxime groups is 1. The van der Waals surface area contributed by atoms with E-state index in [-0.39, 0.29) is 5.56 Å². The second-order valence-electron chi connectivity index (χ2n) is 2.95. The maximum atomic E-state index is 10.7. The number of aromatic carboxylic acids is 1. The van der Waals surface area contributed by atoms with Gasteiger partial charge in [-0.05, 0) is 18.2 Å². The van der Waals surface area contributed by atoms with Crippen molar-refractivity contribution in [3.8, 4) is 0 Å². The van der Waals surface area contributed by atoms with Gasteiger partial charge in [-0.15, -0.1) is 0 Å². The Labute approximate surface area is 84.2 Å². The fraction of sp³-hybridized carbons (Fsp3) is 0. The lowest BCUT2D eigenvalue weighted by Crippen LogP contribution is -1.94. The number of benzene rings is 1. The van der Waals surface area contributed by atoms with Gasteiger partial charge in [-0.2, -0.15) is 0 Å². The van der Waals surface area contributed by atoms with Gasteiger partial charge in [-0.1, -0.05) is 11.2 Å². The molecule has 5 nitrogen and oxygen atoms in total. The summed E-state index contributed by atoms with van der Waals surface area (Å²) in [5.74, 6) is -0.638. The molecule has 0 fully saturated rings. The Morgan fingerprint density at radius 2 is 2.20 bits per heavy atom. The van der Waals surface area contributed by atoms with Gasteiger partial charge in [0.05, 0.1) is 5.56 Å². The van der Waals surface area contributed by atoms with E-state index < -0.39 is 5.97 Å². The number of furan rings is 1. The molecule has 5 heteroatoms. The van der Waals surface area contributed by atoms with Crippen molar-refractivity contribution in [3.05, 3.63) is 35.6 Å². The van der Waals surface area contributed by atoms with Crippen LogP contribution in [0.15, 0.2) is 33.8 Å². The third-order valence-electron chi connectivity index (χ3n) is 1.97. The van der Waals surface area contributed by atoms with Crippen molar-refractivity contribution in [1.82, 2.24) is 0 Å². The lowest BCUT2D eigenvalue weighted by Gasteiger charge is -1.92. The average Bonchev–Trinajstić information content (AvgIpc) is 2.59. The van der Waals surface area contributed by atoms with Crippen molar-refractivity contribution >= 4 is 23.2 Å². The average molecular weight is 205 g/mol. The summed E-state index contributed by atoms with van der Waals surface area (Å²) in [4.78, 5) is 10.7. The first-order chi connectivity index (χ1) is 7.20. The predicted octanol–water partition coefficient (Wildman–Crippen LogP) is 1.94. The summed E-state index contributed by atoms with van der Waals surface area (Å²) in [6, 6.07) is 6.20. The second-order valence-corrected chi connectivity index (χ2v) is 2.95. The smallest absolute Gasteiger partial charge is 0.335 e. The first-order valence-electron chi connectivity index (χ1n) is 4.15. The molecular formula is C10H7NO4. The molecule has 0 bridgehead atoms. The van der Waals surface area contributed by atoms with Crippen molar-refractivity contribution in [3.63, 3.8) is 0 Å².